The largest absolute Gasteiger partial charge is 0.377 e. The molecule has 1 fully saturated rings. The van der Waals surface area contributed by atoms with Gasteiger partial charge in [0.05, 0.1) is 30.6 Å². The lowest BCUT2D eigenvalue weighted by Gasteiger charge is -2.36. The number of nitrogens with zero attached hydrogens (tertiary/aromatic N) is 3. The predicted octanol–water partition coefficient (Wildman–Crippen LogP) is 2.58. The Morgan fingerprint density at radius 3 is 2.80 bits per heavy atom. The summed E-state index contributed by atoms with van der Waals surface area (Å²) in [4.78, 5) is 23.4. The highest BCUT2D eigenvalue weighted by Crippen LogP contribution is 2.16. The molecule has 1 aliphatic rings. The lowest BCUT2D eigenvalue weighted by atomic mass is 10.0. The van der Waals surface area contributed by atoms with Gasteiger partial charge in [-0.25, -0.2) is 0 Å². The molecule has 0 unspecified atom stereocenters. The number of aromatic nitrogens is 2. The van der Waals surface area contributed by atoms with E-state index < -0.39 is 0 Å². The molecule has 5 nitrogen and oxygen atoms in total. The molecule has 1 atom stereocenters. The molecule has 1 aliphatic heterocycles. The first-order valence-electron chi connectivity index (χ1n) is 8.91. The second-order valence-corrected chi connectivity index (χ2v) is 6.43. The van der Waals surface area contributed by atoms with Crippen LogP contribution in [0.3, 0.4) is 0 Å². The maximum absolute atomic E-state index is 12.7. The van der Waals surface area contributed by atoms with E-state index >= 15 is 0 Å². The summed E-state index contributed by atoms with van der Waals surface area (Å²) in [6.45, 7) is 3.88. The Morgan fingerprint density at radius 2 is 2.00 bits per heavy atom. The van der Waals surface area contributed by atoms with Crippen LogP contribution in [0.1, 0.15) is 29.8 Å². The third-order valence-electron chi connectivity index (χ3n) is 4.72. The molecule has 0 saturated carbocycles. The average molecular weight is 339 g/mol. The van der Waals surface area contributed by atoms with Crippen molar-refractivity contribution < 1.29 is 9.53 Å². The highest BCUT2D eigenvalue weighted by atomic mass is 16.5. The first-order chi connectivity index (χ1) is 12.2. The molecule has 0 spiro atoms. The van der Waals surface area contributed by atoms with Crippen LogP contribution in [0.5, 0.6) is 0 Å². The zero-order chi connectivity index (χ0) is 17.5. The smallest absolute Gasteiger partial charge is 0.223 e. The van der Waals surface area contributed by atoms with Crippen molar-refractivity contribution in [2.75, 3.05) is 19.8 Å². The summed E-state index contributed by atoms with van der Waals surface area (Å²) in [5, 5.41) is 0. The van der Waals surface area contributed by atoms with Crippen molar-refractivity contribution in [3.63, 3.8) is 0 Å². The average Bonchev–Trinajstić information content (AvgIpc) is 2.66. The minimum Gasteiger partial charge on any atom is -0.377 e. The van der Waals surface area contributed by atoms with Crippen molar-refractivity contribution in [1.82, 2.24) is 14.9 Å². The second kappa shape index (κ2) is 8.72. The van der Waals surface area contributed by atoms with E-state index in [1.54, 1.807) is 12.4 Å². The number of hydrogen-bond donors (Lipinski definition) is 0. The monoisotopic (exact) mass is 339 g/mol. The van der Waals surface area contributed by atoms with Crippen LogP contribution in [-0.4, -0.2) is 46.6 Å². The quantitative estimate of drug-likeness (QED) is 0.812. The van der Waals surface area contributed by atoms with E-state index in [1.807, 2.05) is 30.0 Å². The summed E-state index contributed by atoms with van der Waals surface area (Å²) in [5.41, 5.74) is 3.17. The normalized spacial score (nSPS) is 17.5. The number of ether oxygens (including phenoxy) is 1. The van der Waals surface area contributed by atoms with Gasteiger partial charge in [-0.3, -0.25) is 14.8 Å². The van der Waals surface area contributed by atoms with E-state index in [1.165, 1.54) is 5.56 Å². The SMILES string of the molecule is Cc1nccnc1CC[C@H]1COCCN1C(=O)CCc1ccccc1. The fraction of sp³-hybridized carbons (Fsp3) is 0.450. The van der Waals surface area contributed by atoms with Gasteiger partial charge in [0.25, 0.3) is 0 Å². The van der Waals surface area contributed by atoms with Crippen molar-refractivity contribution >= 4 is 5.91 Å². The number of carbonyl (C=O) groups is 1. The fourth-order valence-electron chi connectivity index (χ4n) is 3.25. The maximum Gasteiger partial charge on any atom is 0.223 e. The molecule has 25 heavy (non-hydrogen) atoms. The van der Waals surface area contributed by atoms with Gasteiger partial charge in [-0.1, -0.05) is 30.3 Å². The molecule has 132 valence electrons. The summed E-state index contributed by atoms with van der Waals surface area (Å²) in [7, 11) is 0. The lowest BCUT2D eigenvalue weighted by Crippen LogP contribution is -2.49. The van der Waals surface area contributed by atoms with Crippen LogP contribution < -0.4 is 0 Å². The van der Waals surface area contributed by atoms with Gasteiger partial charge in [0.15, 0.2) is 0 Å². The number of aryl methyl sites for hydroxylation is 3. The number of benzene rings is 1. The molecular formula is C20H25N3O2. The van der Waals surface area contributed by atoms with Crippen molar-refractivity contribution in [3.8, 4) is 0 Å². The minimum absolute atomic E-state index is 0.124. The Kier molecular flexibility index (Phi) is 6.12. The van der Waals surface area contributed by atoms with Gasteiger partial charge in [0, 0.05) is 25.4 Å². The molecule has 1 aromatic carbocycles. The second-order valence-electron chi connectivity index (χ2n) is 6.43. The van der Waals surface area contributed by atoms with Crippen LogP contribution in [0.2, 0.25) is 0 Å². The van der Waals surface area contributed by atoms with Crippen molar-refractivity contribution in [2.45, 2.75) is 38.6 Å². The zero-order valence-corrected chi connectivity index (χ0v) is 14.7. The Labute approximate surface area is 149 Å². The van der Waals surface area contributed by atoms with E-state index in [4.69, 9.17) is 4.74 Å². The van der Waals surface area contributed by atoms with E-state index in [-0.39, 0.29) is 11.9 Å². The topological polar surface area (TPSA) is 55.3 Å². The third-order valence-corrected chi connectivity index (χ3v) is 4.72. The molecule has 1 saturated heterocycles. The molecule has 1 amide bonds. The molecule has 2 heterocycles. The Morgan fingerprint density at radius 1 is 1.20 bits per heavy atom. The zero-order valence-electron chi connectivity index (χ0n) is 14.7. The Bertz CT molecular complexity index is 690. The number of hydrogen-bond acceptors (Lipinski definition) is 4. The fourth-order valence-corrected chi connectivity index (χ4v) is 3.25. The van der Waals surface area contributed by atoms with Gasteiger partial charge in [-0.2, -0.15) is 0 Å². The Hall–Kier alpha value is -2.27. The number of morpholine rings is 1. The van der Waals surface area contributed by atoms with Crippen LogP contribution in [-0.2, 0) is 22.4 Å². The first kappa shape index (κ1) is 17.5. The molecule has 1 aromatic heterocycles. The van der Waals surface area contributed by atoms with Gasteiger partial charge < -0.3 is 9.64 Å². The first-order valence-corrected chi connectivity index (χ1v) is 8.91. The summed E-state index contributed by atoms with van der Waals surface area (Å²) in [6, 6.07) is 10.3. The van der Waals surface area contributed by atoms with Gasteiger partial charge >= 0.3 is 0 Å². The summed E-state index contributed by atoms with van der Waals surface area (Å²) in [6.07, 6.45) is 6.44. The van der Waals surface area contributed by atoms with Gasteiger partial charge in [0.2, 0.25) is 5.91 Å². The van der Waals surface area contributed by atoms with E-state index in [0.717, 1.165) is 30.7 Å². The van der Waals surface area contributed by atoms with Gasteiger partial charge in [0.1, 0.15) is 0 Å². The summed E-state index contributed by atoms with van der Waals surface area (Å²) < 4.78 is 5.61. The van der Waals surface area contributed by atoms with Crippen molar-refractivity contribution in [3.05, 3.63) is 59.7 Å². The van der Waals surface area contributed by atoms with E-state index in [9.17, 15) is 4.79 Å². The third kappa shape index (κ3) is 4.86. The van der Waals surface area contributed by atoms with Crippen LogP contribution in [0.4, 0.5) is 0 Å². The maximum atomic E-state index is 12.7. The van der Waals surface area contributed by atoms with Crippen LogP contribution in [0, 0.1) is 6.92 Å². The molecule has 0 bridgehead atoms. The number of amides is 1. The van der Waals surface area contributed by atoms with Crippen molar-refractivity contribution in [2.24, 2.45) is 0 Å². The lowest BCUT2D eigenvalue weighted by molar-refractivity contribution is -0.140. The van der Waals surface area contributed by atoms with Crippen LogP contribution in [0.25, 0.3) is 0 Å². The summed E-state index contributed by atoms with van der Waals surface area (Å²) >= 11 is 0. The predicted molar refractivity (Wildman–Crippen MR) is 96.2 cm³/mol. The molecule has 0 radical (unpaired) electrons. The summed E-state index contributed by atoms with van der Waals surface area (Å²) in [5.74, 6) is 0.216. The number of rotatable bonds is 6. The molecule has 3 rings (SSSR count). The molecular weight excluding hydrogens is 314 g/mol. The number of carbonyl (C=O) groups excluding carboxylic acids is 1. The molecule has 0 N–H and O–H groups in total. The highest BCUT2D eigenvalue weighted by Gasteiger charge is 2.27. The minimum atomic E-state index is 0.124. The molecule has 2 aromatic rings. The van der Waals surface area contributed by atoms with E-state index in [2.05, 4.69) is 22.1 Å². The van der Waals surface area contributed by atoms with Crippen LogP contribution in [0.15, 0.2) is 42.7 Å². The van der Waals surface area contributed by atoms with Gasteiger partial charge in [-0.05, 0) is 31.7 Å². The highest BCUT2D eigenvalue weighted by molar-refractivity contribution is 5.77. The van der Waals surface area contributed by atoms with Crippen molar-refractivity contribution in [1.29, 1.82) is 0 Å². The van der Waals surface area contributed by atoms with E-state index in [0.29, 0.717) is 26.2 Å². The van der Waals surface area contributed by atoms with Crippen LogP contribution >= 0.6 is 0 Å². The standard InChI is InChI=1S/C20H25N3O2/c1-16-19(22-12-11-21-16)9-8-18-15-25-14-13-23(18)20(24)10-7-17-5-3-2-4-6-17/h2-6,11-12,18H,7-10,13-15H2,1H3/t18-/m0/s1. The van der Waals surface area contributed by atoms with Gasteiger partial charge in [-0.15, -0.1) is 0 Å². The molecule has 5 heteroatoms. The Balaban J connectivity index is 1.56. The molecule has 0 aliphatic carbocycles.